The van der Waals surface area contributed by atoms with E-state index >= 15 is 0 Å². The highest BCUT2D eigenvalue weighted by atomic mass is 79.9. The van der Waals surface area contributed by atoms with Gasteiger partial charge in [0.15, 0.2) is 0 Å². The first-order chi connectivity index (χ1) is 8.79. The molecule has 0 bridgehead atoms. The van der Waals surface area contributed by atoms with Crippen LogP contribution in [0, 0.1) is 0 Å². The Bertz CT molecular complexity index is 511. The van der Waals surface area contributed by atoms with Gasteiger partial charge in [0.2, 0.25) is 0 Å². The first-order valence-corrected chi connectivity index (χ1v) is 6.53. The zero-order valence-corrected chi connectivity index (χ0v) is 11.8. The molecule has 0 radical (unpaired) electrons. The summed E-state index contributed by atoms with van der Waals surface area (Å²) in [5.74, 6) is 0.861. The van der Waals surface area contributed by atoms with Crippen molar-refractivity contribution in [2.75, 3.05) is 7.11 Å². The van der Waals surface area contributed by atoms with Crippen molar-refractivity contribution in [1.82, 2.24) is 0 Å². The molecule has 0 N–H and O–H groups in total. The second-order valence-corrected chi connectivity index (χ2v) is 4.81. The van der Waals surface area contributed by atoms with E-state index in [1.54, 1.807) is 7.11 Å². The predicted octanol–water partition coefficient (Wildman–Crippen LogP) is 4.17. The van der Waals surface area contributed by atoms with Gasteiger partial charge in [0.05, 0.1) is 6.61 Å². The summed E-state index contributed by atoms with van der Waals surface area (Å²) in [6.45, 7) is 1.16. The minimum absolute atomic E-state index is 0.553. The first-order valence-electron chi connectivity index (χ1n) is 5.73. The van der Waals surface area contributed by atoms with E-state index in [9.17, 15) is 0 Å². The Morgan fingerprint density at radius 1 is 1.00 bits per heavy atom. The fourth-order valence-electron chi connectivity index (χ4n) is 1.67. The maximum atomic E-state index is 5.77. The van der Waals surface area contributed by atoms with Crippen molar-refractivity contribution >= 4 is 15.9 Å². The van der Waals surface area contributed by atoms with Gasteiger partial charge in [-0.25, -0.2) is 0 Å². The summed E-state index contributed by atoms with van der Waals surface area (Å²) < 4.78 is 11.9. The Labute approximate surface area is 116 Å². The van der Waals surface area contributed by atoms with Crippen molar-refractivity contribution in [1.29, 1.82) is 0 Å². The van der Waals surface area contributed by atoms with Gasteiger partial charge in [-0.1, -0.05) is 46.3 Å². The van der Waals surface area contributed by atoms with E-state index in [2.05, 4.69) is 15.9 Å². The molecule has 0 spiro atoms. The molecule has 18 heavy (non-hydrogen) atoms. The van der Waals surface area contributed by atoms with E-state index in [1.165, 1.54) is 0 Å². The van der Waals surface area contributed by atoms with Crippen molar-refractivity contribution in [3.05, 3.63) is 64.1 Å². The lowest BCUT2D eigenvalue weighted by Crippen LogP contribution is -1.97. The zero-order valence-electron chi connectivity index (χ0n) is 10.2. The Morgan fingerprint density at radius 3 is 2.61 bits per heavy atom. The van der Waals surface area contributed by atoms with Crippen LogP contribution < -0.4 is 4.74 Å². The summed E-state index contributed by atoms with van der Waals surface area (Å²) in [5.41, 5.74) is 2.25. The molecule has 0 fully saturated rings. The molecule has 0 aliphatic heterocycles. The standard InChI is InChI=1S/C15H15BrO2/c1-17-10-12-5-4-7-14(9-12)18-11-13-6-2-3-8-15(13)16/h2-9H,10-11H2,1H3. The molecule has 0 atom stereocenters. The normalized spacial score (nSPS) is 10.3. The highest BCUT2D eigenvalue weighted by Crippen LogP contribution is 2.20. The van der Waals surface area contributed by atoms with Gasteiger partial charge in [-0.15, -0.1) is 0 Å². The maximum Gasteiger partial charge on any atom is 0.120 e. The van der Waals surface area contributed by atoms with Gasteiger partial charge in [0, 0.05) is 17.1 Å². The number of rotatable bonds is 5. The third-order valence-electron chi connectivity index (χ3n) is 2.56. The summed E-state index contributed by atoms with van der Waals surface area (Å²) in [5, 5.41) is 0. The van der Waals surface area contributed by atoms with Gasteiger partial charge >= 0.3 is 0 Å². The zero-order chi connectivity index (χ0) is 12.8. The minimum Gasteiger partial charge on any atom is -0.489 e. The molecule has 2 aromatic rings. The van der Waals surface area contributed by atoms with Crippen LogP contribution in [0.5, 0.6) is 5.75 Å². The van der Waals surface area contributed by atoms with Crippen LogP contribution in [0.2, 0.25) is 0 Å². The summed E-state index contributed by atoms with van der Waals surface area (Å²) in [7, 11) is 1.69. The van der Waals surface area contributed by atoms with Crippen molar-refractivity contribution in [3.8, 4) is 5.75 Å². The highest BCUT2D eigenvalue weighted by Gasteiger charge is 2.01. The Kier molecular flexibility index (Phi) is 4.79. The topological polar surface area (TPSA) is 18.5 Å². The molecule has 0 heterocycles. The molecular weight excluding hydrogens is 292 g/mol. The van der Waals surface area contributed by atoms with Crippen LogP contribution in [0.15, 0.2) is 53.0 Å². The summed E-state index contributed by atoms with van der Waals surface area (Å²) >= 11 is 3.51. The second-order valence-electron chi connectivity index (χ2n) is 3.96. The number of hydrogen-bond donors (Lipinski definition) is 0. The van der Waals surface area contributed by atoms with Crippen LogP contribution in [-0.2, 0) is 18.0 Å². The number of ether oxygens (including phenoxy) is 2. The third kappa shape index (κ3) is 3.59. The SMILES string of the molecule is COCc1cccc(OCc2ccccc2Br)c1. The molecule has 0 unspecified atom stereocenters. The fourth-order valence-corrected chi connectivity index (χ4v) is 2.07. The van der Waals surface area contributed by atoms with Crippen LogP contribution >= 0.6 is 15.9 Å². The van der Waals surface area contributed by atoms with Gasteiger partial charge in [-0.05, 0) is 23.8 Å². The van der Waals surface area contributed by atoms with Gasteiger partial charge in [0.1, 0.15) is 12.4 Å². The smallest absolute Gasteiger partial charge is 0.120 e. The predicted molar refractivity (Wildman–Crippen MR) is 75.6 cm³/mol. The number of halogens is 1. The molecule has 2 nitrogen and oxygen atoms in total. The molecule has 0 amide bonds. The van der Waals surface area contributed by atoms with Crippen LogP contribution in [0.25, 0.3) is 0 Å². The fraction of sp³-hybridized carbons (Fsp3) is 0.200. The molecule has 0 saturated heterocycles. The lowest BCUT2D eigenvalue weighted by molar-refractivity contribution is 0.184. The van der Waals surface area contributed by atoms with Crippen LogP contribution in [0.4, 0.5) is 0 Å². The van der Waals surface area contributed by atoms with E-state index in [0.717, 1.165) is 21.3 Å². The third-order valence-corrected chi connectivity index (χ3v) is 3.34. The molecule has 0 saturated carbocycles. The van der Waals surface area contributed by atoms with Gasteiger partial charge in [0.25, 0.3) is 0 Å². The van der Waals surface area contributed by atoms with Gasteiger partial charge in [-0.2, -0.15) is 0 Å². The molecule has 0 aromatic heterocycles. The Balaban J connectivity index is 2.02. The van der Waals surface area contributed by atoms with Crippen molar-refractivity contribution < 1.29 is 9.47 Å². The quantitative estimate of drug-likeness (QED) is 0.825. The molecular formula is C15H15BrO2. The molecule has 3 heteroatoms. The Hall–Kier alpha value is -1.32. The average molecular weight is 307 g/mol. The first kappa shape index (κ1) is 13.1. The summed E-state index contributed by atoms with van der Waals surface area (Å²) in [6.07, 6.45) is 0. The van der Waals surface area contributed by atoms with E-state index in [-0.39, 0.29) is 0 Å². The van der Waals surface area contributed by atoms with E-state index in [1.807, 2.05) is 48.5 Å². The van der Waals surface area contributed by atoms with Crippen LogP contribution in [0.1, 0.15) is 11.1 Å². The lowest BCUT2D eigenvalue weighted by atomic mass is 10.2. The van der Waals surface area contributed by atoms with E-state index < -0.39 is 0 Å². The number of methoxy groups -OCH3 is 1. The van der Waals surface area contributed by atoms with Gasteiger partial charge in [-0.3, -0.25) is 0 Å². The van der Waals surface area contributed by atoms with E-state index in [4.69, 9.17) is 9.47 Å². The van der Waals surface area contributed by atoms with Crippen LogP contribution in [0.3, 0.4) is 0 Å². The minimum atomic E-state index is 0.553. The van der Waals surface area contributed by atoms with Gasteiger partial charge < -0.3 is 9.47 Å². The van der Waals surface area contributed by atoms with Crippen molar-refractivity contribution in [2.45, 2.75) is 13.2 Å². The van der Waals surface area contributed by atoms with Crippen LogP contribution in [-0.4, -0.2) is 7.11 Å². The maximum absolute atomic E-state index is 5.77. The average Bonchev–Trinajstić information content (AvgIpc) is 2.39. The lowest BCUT2D eigenvalue weighted by Gasteiger charge is -2.09. The summed E-state index contributed by atoms with van der Waals surface area (Å²) in [6, 6.07) is 16.0. The molecule has 94 valence electrons. The van der Waals surface area contributed by atoms with Crippen molar-refractivity contribution in [3.63, 3.8) is 0 Å². The monoisotopic (exact) mass is 306 g/mol. The Morgan fingerprint density at radius 2 is 1.83 bits per heavy atom. The number of hydrogen-bond acceptors (Lipinski definition) is 2. The van der Waals surface area contributed by atoms with Crippen molar-refractivity contribution in [2.24, 2.45) is 0 Å². The summed E-state index contributed by atoms with van der Waals surface area (Å²) in [4.78, 5) is 0. The second kappa shape index (κ2) is 6.57. The van der Waals surface area contributed by atoms with E-state index in [0.29, 0.717) is 13.2 Å². The number of benzene rings is 2. The molecule has 0 aliphatic carbocycles. The molecule has 0 aliphatic rings. The largest absolute Gasteiger partial charge is 0.489 e. The highest BCUT2D eigenvalue weighted by molar-refractivity contribution is 9.10. The molecule has 2 rings (SSSR count). The molecule has 2 aromatic carbocycles.